The molecule has 4 N–H and O–H groups in total. The molecular formula is C23H30BClFNO2. The van der Waals surface area contributed by atoms with Crippen molar-refractivity contribution in [3.63, 3.8) is 0 Å². The van der Waals surface area contributed by atoms with Crippen LogP contribution in [0.5, 0.6) is 0 Å². The second-order valence-electron chi connectivity index (χ2n) is 8.38. The van der Waals surface area contributed by atoms with Crippen molar-refractivity contribution in [2.45, 2.75) is 57.3 Å². The number of halogens is 2. The van der Waals surface area contributed by atoms with Gasteiger partial charge in [0.25, 0.3) is 0 Å². The molecule has 0 bridgehead atoms. The summed E-state index contributed by atoms with van der Waals surface area (Å²) < 4.78 is 14.5. The highest BCUT2D eigenvalue weighted by molar-refractivity contribution is 6.40. The first-order chi connectivity index (χ1) is 13.9. The lowest BCUT2D eigenvalue weighted by molar-refractivity contribution is 0.146. The van der Waals surface area contributed by atoms with Crippen LogP contribution in [0.2, 0.25) is 11.3 Å². The molecule has 0 spiro atoms. The summed E-state index contributed by atoms with van der Waals surface area (Å²) in [5, 5.41) is 18.4. The van der Waals surface area contributed by atoms with Gasteiger partial charge in [0.15, 0.2) is 0 Å². The first-order valence-electron chi connectivity index (χ1n) is 10.6. The predicted octanol–water partition coefficient (Wildman–Crippen LogP) is 5.08. The van der Waals surface area contributed by atoms with Crippen molar-refractivity contribution in [1.29, 1.82) is 0 Å². The molecule has 3 rings (SSSR count). The summed E-state index contributed by atoms with van der Waals surface area (Å²) in [6.07, 6.45) is 7.08. The van der Waals surface area contributed by atoms with Gasteiger partial charge in [0, 0.05) is 11.1 Å². The van der Waals surface area contributed by atoms with Crippen molar-refractivity contribution >= 4 is 18.7 Å². The Kier molecular flexibility index (Phi) is 8.13. The molecule has 6 heteroatoms. The molecule has 29 heavy (non-hydrogen) atoms. The molecule has 0 heterocycles. The fraction of sp³-hybridized carbons (Fsp3) is 0.478. The van der Waals surface area contributed by atoms with Crippen molar-refractivity contribution in [3.8, 4) is 11.1 Å². The van der Waals surface area contributed by atoms with Gasteiger partial charge in [-0.05, 0) is 85.1 Å². The maximum absolute atomic E-state index is 14.5. The molecule has 2 aromatic rings. The highest BCUT2D eigenvalue weighted by Gasteiger charge is 2.32. The van der Waals surface area contributed by atoms with Crippen LogP contribution < -0.4 is 5.73 Å². The summed E-state index contributed by atoms with van der Waals surface area (Å²) in [5.41, 5.74) is 8.88. The number of unbranched alkanes of at least 4 members (excludes halogenated alkanes) is 1. The monoisotopic (exact) mass is 417 g/mol. The predicted molar refractivity (Wildman–Crippen MR) is 118 cm³/mol. The minimum Gasteiger partial charge on any atom is -0.427 e. The third kappa shape index (κ3) is 6.55. The molecule has 0 radical (unpaired) electrons. The summed E-state index contributed by atoms with van der Waals surface area (Å²) in [4.78, 5) is 0. The molecule has 2 aromatic carbocycles. The maximum Gasteiger partial charge on any atom is 0.451 e. The smallest absolute Gasteiger partial charge is 0.427 e. The van der Waals surface area contributed by atoms with Crippen LogP contribution in [0.3, 0.4) is 0 Å². The number of hydrogen-bond acceptors (Lipinski definition) is 3. The lowest BCUT2D eigenvalue weighted by atomic mass is 9.68. The van der Waals surface area contributed by atoms with E-state index < -0.39 is 7.12 Å². The van der Waals surface area contributed by atoms with Crippen LogP contribution in [0, 0.1) is 17.7 Å². The molecule has 0 amide bonds. The second-order valence-corrected chi connectivity index (χ2v) is 8.81. The van der Waals surface area contributed by atoms with E-state index in [2.05, 4.69) is 0 Å². The number of benzene rings is 2. The van der Waals surface area contributed by atoms with E-state index in [0.29, 0.717) is 23.2 Å². The number of rotatable bonds is 10. The molecule has 1 unspecified atom stereocenters. The van der Waals surface area contributed by atoms with Crippen LogP contribution in [0.25, 0.3) is 11.1 Å². The van der Waals surface area contributed by atoms with Gasteiger partial charge >= 0.3 is 7.12 Å². The zero-order valence-electron chi connectivity index (χ0n) is 16.7. The van der Waals surface area contributed by atoms with Gasteiger partial charge < -0.3 is 15.8 Å². The average molecular weight is 418 g/mol. The van der Waals surface area contributed by atoms with Gasteiger partial charge in [-0.1, -0.05) is 48.7 Å². The summed E-state index contributed by atoms with van der Waals surface area (Å²) in [7, 11) is -1.21. The molecular weight excluding hydrogens is 388 g/mol. The van der Waals surface area contributed by atoms with Crippen LogP contribution in [-0.4, -0.2) is 23.2 Å². The molecule has 1 atom stereocenters. The Labute approximate surface area is 178 Å². The molecule has 0 aromatic heterocycles. The number of aryl methyl sites for hydroxylation is 1. The van der Waals surface area contributed by atoms with Gasteiger partial charge in [-0.3, -0.25) is 0 Å². The lowest BCUT2D eigenvalue weighted by Crippen LogP contribution is -2.39. The standard InChI is InChI=1S/C23H30BClFNO2/c25-21-10-8-17(9-11-21)19-7-6-18(22(26)15-19)5-4-16-13-20(14-16)23(27)3-1-2-12-24(28)29/h6-11,15-16,20,23,28-29H,1-5,12-14,27H2. The Morgan fingerprint density at radius 1 is 1.07 bits per heavy atom. The molecule has 1 aliphatic carbocycles. The minimum absolute atomic E-state index is 0.143. The Bertz CT molecular complexity index is 781. The highest BCUT2D eigenvalue weighted by Crippen LogP contribution is 2.39. The molecule has 0 saturated heterocycles. The Morgan fingerprint density at radius 2 is 1.76 bits per heavy atom. The Morgan fingerprint density at radius 3 is 2.41 bits per heavy atom. The van der Waals surface area contributed by atoms with E-state index in [4.69, 9.17) is 27.4 Å². The molecule has 1 fully saturated rings. The van der Waals surface area contributed by atoms with Crippen LogP contribution >= 0.6 is 11.6 Å². The Balaban J connectivity index is 1.40. The van der Waals surface area contributed by atoms with E-state index in [1.165, 1.54) is 0 Å². The van der Waals surface area contributed by atoms with E-state index in [9.17, 15) is 4.39 Å². The third-order valence-corrected chi connectivity index (χ3v) is 6.43. The molecule has 0 aliphatic heterocycles. The van der Waals surface area contributed by atoms with Crippen molar-refractivity contribution < 1.29 is 14.4 Å². The fourth-order valence-corrected chi connectivity index (χ4v) is 4.37. The lowest BCUT2D eigenvalue weighted by Gasteiger charge is -2.39. The summed E-state index contributed by atoms with van der Waals surface area (Å²) in [6.45, 7) is 0. The third-order valence-electron chi connectivity index (χ3n) is 6.18. The molecule has 1 aliphatic rings. The second kappa shape index (κ2) is 10.6. The van der Waals surface area contributed by atoms with E-state index in [1.54, 1.807) is 6.07 Å². The van der Waals surface area contributed by atoms with Gasteiger partial charge in [0.1, 0.15) is 5.82 Å². The highest BCUT2D eigenvalue weighted by atomic mass is 35.5. The van der Waals surface area contributed by atoms with Gasteiger partial charge in [-0.2, -0.15) is 0 Å². The number of nitrogens with two attached hydrogens (primary N) is 1. The van der Waals surface area contributed by atoms with Gasteiger partial charge in [-0.25, -0.2) is 4.39 Å². The van der Waals surface area contributed by atoms with Gasteiger partial charge in [-0.15, -0.1) is 0 Å². The molecule has 3 nitrogen and oxygen atoms in total. The van der Waals surface area contributed by atoms with Crippen LogP contribution in [0.4, 0.5) is 4.39 Å². The molecule has 156 valence electrons. The first-order valence-corrected chi connectivity index (χ1v) is 11.0. The van der Waals surface area contributed by atoms with E-state index in [0.717, 1.165) is 61.6 Å². The van der Waals surface area contributed by atoms with Crippen LogP contribution in [0.1, 0.15) is 44.1 Å². The Hall–Kier alpha value is -1.40. The summed E-state index contributed by atoms with van der Waals surface area (Å²) >= 11 is 5.92. The average Bonchev–Trinajstić information content (AvgIpc) is 2.65. The summed E-state index contributed by atoms with van der Waals surface area (Å²) in [5.74, 6) is 1.04. The normalized spacial score (nSPS) is 19.6. The van der Waals surface area contributed by atoms with Crippen LogP contribution in [-0.2, 0) is 6.42 Å². The van der Waals surface area contributed by atoms with Crippen molar-refractivity contribution in [2.24, 2.45) is 17.6 Å². The van der Waals surface area contributed by atoms with E-state index >= 15 is 0 Å². The van der Waals surface area contributed by atoms with Gasteiger partial charge in [0.05, 0.1) is 0 Å². The zero-order chi connectivity index (χ0) is 20.8. The van der Waals surface area contributed by atoms with E-state index in [-0.39, 0.29) is 11.9 Å². The maximum atomic E-state index is 14.5. The van der Waals surface area contributed by atoms with Gasteiger partial charge in [0.2, 0.25) is 0 Å². The minimum atomic E-state index is -1.21. The topological polar surface area (TPSA) is 66.5 Å². The van der Waals surface area contributed by atoms with E-state index in [1.807, 2.05) is 36.4 Å². The van der Waals surface area contributed by atoms with Crippen molar-refractivity contribution in [1.82, 2.24) is 0 Å². The zero-order valence-corrected chi connectivity index (χ0v) is 17.5. The van der Waals surface area contributed by atoms with Crippen LogP contribution in [0.15, 0.2) is 42.5 Å². The number of hydrogen-bond donors (Lipinski definition) is 3. The van der Waals surface area contributed by atoms with Crippen molar-refractivity contribution in [3.05, 3.63) is 58.9 Å². The molecule has 1 saturated carbocycles. The fourth-order valence-electron chi connectivity index (χ4n) is 4.25. The quantitative estimate of drug-likeness (QED) is 0.373. The first kappa shape index (κ1) is 22.3. The summed E-state index contributed by atoms with van der Waals surface area (Å²) in [6, 6.07) is 13.1. The largest absolute Gasteiger partial charge is 0.451 e. The SMILES string of the molecule is NC(CCCCB(O)O)C1CC(CCc2ccc(-c3ccc(Cl)cc3)cc2F)C1. The van der Waals surface area contributed by atoms with Crippen molar-refractivity contribution in [2.75, 3.05) is 0 Å².